The number of ether oxygens (including phenoxy) is 1. The third-order valence-electron chi connectivity index (χ3n) is 5.33. The van der Waals surface area contributed by atoms with Crippen molar-refractivity contribution in [2.24, 2.45) is 5.92 Å². The molecule has 1 atom stereocenters. The van der Waals surface area contributed by atoms with E-state index in [2.05, 4.69) is 29.8 Å². The van der Waals surface area contributed by atoms with Gasteiger partial charge in [-0.3, -0.25) is 9.59 Å². The van der Waals surface area contributed by atoms with Crippen molar-refractivity contribution in [3.63, 3.8) is 0 Å². The van der Waals surface area contributed by atoms with Crippen molar-refractivity contribution < 1.29 is 14.3 Å². The van der Waals surface area contributed by atoms with E-state index in [1.165, 1.54) is 0 Å². The van der Waals surface area contributed by atoms with Crippen molar-refractivity contribution in [2.75, 3.05) is 23.8 Å². The standard InChI is InChI=1S/C28H33N3O3/c1-20(2)16-17-34-26-14-12-24(13-15-26)29-19-27(32)31-25-11-7-10-23(18-25)28(33)30-21(3)22-8-5-4-6-9-22/h4-15,18,20-21,29H,16-17,19H2,1-3H3,(H,30,33)(H,31,32). The molecule has 0 aliphatic heterocycles. The molecule has 3 aromatic carbocycles. The molecule has 0 saturated heterocycles. The van der Waals surface area contributed by atoms with Crippen LogP contribution < -0.4 is 20.7 Å². The molecule has 0 spiro atoms. The lowest BCUT2D eigenvalue weighted by atomic mass is 10.1. The number of hydrogen-bond acceptors (Lipinski definition) is 4. The highest BCUT2D eigenvalue weighted by Crippen LogP contribution is 2.17. The minimum absolute atomic E-state index is 0.106. The average molecular weight is 460 g/mol. The lowest BCUT2D eigenvalue weighted by Crippen LogP contribution is -2.27. The second-order valence-electron chi connectivity index (χ2n) is 8.64. The SMILES string of the molecule is CC(C)CCOc1ccc(NCC(=O)Nc2cccc(C(=O)NC(C)c3ccccc3)c2)cc1. The summed E-state index contributed by atoms with van der Waals surface area (Å²) in [5.74, 6) is 1.02. The van der Waals surface area contributed by atoms with Crippen molar-refractivity contribution in [1.82, 2.24) is 5.32 Å². The number of nitrogens with one attached hydrogen (secondary N) is 3. The van der Waals surface area contributed by atoms with Gasteiger partial charge in [0.2, 0.25) is 5.91 Å². The van der Waals surface area contributed by atoms with Crippen LogP contribution in [0, 0.1) is 5.92 Å². The topological polar surface area (TPSA) is 79.5 Å². The number of carbonyl (C=O) groups excluding carboxylic acids is 2. The van der Waals surface area contributed by atoms with Crippen LogP contribution in [0.5, 0.6) is 5.75 Å². The maximum absolute atomic E-state index is 12.7. The first kappa shape index (κ1) is 24.8. The number of hydrogen-bond donors (Lipinski definition) is 3. The van der Waals surface area contributed by atoms with E-state index in [-0.39, 0.29) is 24.4 Å². The highest BCUT2D eigenvalue weighted by molar-refractivity contribution is 5.98. The van der Waals surface area contributed by atoms with Gasteiger partial charge >= 0.3 is 0 Å². The molecular weight excluding hydrogens is 426 g/mol. The zero-order chi connectivity index (χ0) is 24.3. The normalized spacial score (nSPS) is 11.5. The maximum Gasteiger partial charge on any atom is 0.251 e. The largest absolute Gasteiger partial charge is 0.494 e. The molecule has 6 heteroatoms. The summed E-state index contributed by atoms with van der Waals surface area (Å²) in [5, 5.41) is 8.93. The average Bonchev–Trinajstić information content (AvgIpc) is 2.84. The molecule has 0 fully saturated rings. The molecule has 0 aliphatic carbocycles. The summed E-state index contributed by atoms with van der Waals surface area (Å²) < 4.78 is 5.72. The summed E-state index contributed by atoms with van der Waals surface area (Å²) in [4.78, 5) is 25.1. The van der Waals surface area contributed by atoms with Gasteiger partial charge in [-0.2, -0.15) is 0 Å². The van der Waals surface area contributed by atoms with E-state index >= 15 is 0 Å². The molecule has 6 nitrogen and oxygen atoms in total. The molecular formula is C28H33N3O3. The van der Waals surface area contributed by atoms with E-state index in [9.17, 15) is 9.59 Å². The smallest absolute Gasteiger partial charge is 0.251 e. The fraction of sp³-hybridized carbons (Fsp3) is 0.286. The molecule has 0 bridgehead atoms. The predicted octanol–water partition coefficient (Wildman–Crippen LogP) is 5.65. The van der Waals surface area contributed by atoms with Gasteiger partial charge in [0.05, 0.1) is 19.2 Å². The van der Waals surface area contributed by atoms with Gasteiger partial charge in [-0.1, -0.05) is 50.2 Å². The molecule has 34 heavy (non-hydrogen) atoms. The first-order chi connectivity index (χ1) is 16.4. The molecule has 0 aliphatic rings. The van der Waals surface area contributed by atoms with Crippen LogP contribution in [0.1, 0.15) is 49.2 Å². The van der Waals surface area contributed by atoms with Crippen LogP contribution in [0.2, 0.25) is 0 Å². The number of anilines is 2. The number of rotatable bonds is 11. The van der Waals surface area contributed by atoms with Crippen molar-refractivity contribution in [1.29, 1.82) is 0 Å². The summed E-state index contributed by atoms with van der Waals surface area (Å²) in [7, 11) is 0. The van der Waals surface area contributed by atoms with E-state index in [1.807, 2.05) is 61.5 Å². The first-order valence-electron chi connectivity index (χ1n) is 11.6. The molecule has 3 rings (SSSR count). The van der Waals surface area contributed by atoms with E-state index in [0.717, 1.165) is 23.4 Å². The van der Waals surface area contributed by atoms with Gasteiger partial charge in [0.25, 0.3) is 5.91 Å². The Hall–Kier alpha value is -3.80. The van der Waals surface area contributed by atoms with Gasteiger partial charge in [-0.15, -0.1) is 0 Å². The van der Waals surface area contributed by atoms with Crippen LogP contribution >= 0.6 is 0 Å². The molecule has 178 valence electrons. The second kappa shape index (κ2) is 12.4. The monoisotopic (exact) mass is 459 g/mol. The lowest BCUT2D eigenvalue weighted by Gasteiger charge is -2.15. The molecule has 2 amide bonds. The van der Waals surface area contributed by atoms with E-state index in [4.69, 9.17) is 4.74 Å². The third-order valence-corrected chi connectivity index (χ3v) is 5.33. The Bertz CT molecular complexity index is 1070. The van der Waals surface area contributed by atoms with Gasteiger partial charge in [0.15, 0.2) is 0 Å². The Kier molecular flexibility index (Phi) is 9.09. The molecule has 3 aromatic rings. The third kappa shape index (κ3) is 7.96. The second-order valence-corrected chi connectivity index (χ2v) is 8.64. The summed E-state index contributed by atoms with van der Waals surface area (Å²) in [5.41, 5.74) is 2.92. The van der Waals surface area contributed by atoms with Gasteiger partial charge < -0.3 is 20.7 Å². The van der Waals surface area contributed by atoms with Crippen molar-refractivity contribution in [3.8, 4) is 5.75 Å². The van der Waals surface area contributed by atoms with E-state index in [1.54, 1.807) is 24.3 Å². The first-order valence-corrected chi connectivity index (χ1v) is 11.6. The fourth-order valence-corrected chi connectivity index (χ4v) is 3.31. The minimum atomic E-state index is -0.201. The molecule has 1 unspecified atom stereocenters. The molecule has 0 heterocycles. The van der Waals surface area contributed by atoms with Crippen molar-refractivity contribution in [3.05, 3.63) is 90.0 Å². The van der Waals surface area contributed by atoms with E-state index in [0.29, 0.717) is 23.8 Å². The van der Waals surface area contributed by atoms with Gasteiger partial charge in [-0.05, 0) is 67.3 Å². The highest BCUT2D eigenvalue weighted by atomic mass is 16.5. The van der Waals surface area contributed by atoms with E-state index < -0.39 is 0 Å². The Morgan fingerprint density at radius 1 is 0.853 bits per heavy atom. The lowest BCUT2D eigenvalue weighted by molar-refractivity contribution is -0.114. The Balaban J connectivity index is 1.48. The zero-order valence-electron chi connectivity index (χ0n) is 20.0. The predicted molar refractivity (Wildman–Crippen MR) is 137 cm³/mol. The molecule has 3 N–H and O–H groups in total. The number of carbonyl (C=O) groups is 2. The summed E-state index contributed by atoms with van der Waals surface area (Å²) in [6.45, 7) is 7.07. The van der Waals surface area contributed by atoms with Crippen molar-refractivity contribution in [2.45, 2.75) is 33.2 Å². The quantitative estimate of drug-likeness (QED) is 0.346. The summed E-state index contributed by atoms with van der Waals surface area (Å²) in [6, 6.07) is 24.1. The van der Waals surface area contributed by atoms with Crippen LogP contribution in [0.3, 0.4) is 0 Å². The van der Waals surface area contributed by atoms with Gasteiger partial charge in [0, 0.05) is 16.9 Å². The molecule has 0 saturated carbocycles. The van der Waals surface area contributed by atoms with Gasteiger partial charge in [0.1, 0.15) is 5.75 Å². The minimum Gasteiger partial charge on any atom is -0.494 e. The van der Waals surface area contributed by atoms with Crippen LogP contribution in [0.15, 0.2) is 78.9 Å². The van der Waals surface area contributed by atoms with Crippen LogP contribution in [0.4, 0.5) is 11.4 Å². The fourth-order valence-electron chi connectivity index (χ4n) is 3.31. The Morgan fingerprint density at radius 3 is 2.29 bits per heavy atom. The van der Waals surface area contributed by atoms with Crippen LogP contribution in [-0.2, 0) is 4.79 Å². The maximum atomic E-state index is 12.7. The van der Waals surface area contributed by atoms with Crippen molar-refractivity contribution >= 4 is 23.2 Å². The number of amides is 2. The summed E-state index contributed by atoms with van der Waals surface area (Å²) in [6.07, 6.45) is 1.01. The highest BCUT2D eigenvalue weighted by Gasteiger charge is 2.12. The van der Waals surface area contributed by atoms with Crippen LogP contribution in [-0.4, -0.2) is 25.0 Å². The zero-order valence-corrected chi connectivity index (χ0v) is 20.0. The molecule has 0 radical (unpaired) electrons. The van der Waals surface area contributed by atoms with Gasteiger partial charge in [-0.25, -0.2) is 0 Å². The molecule has 0 aromatic heterocycles. The van der Waals surface area contributed by atoms with Crippen LogP contribution in [0.25, 0.3) is 0 Å². The summed E-state index contributed by atoms with van der Waals surface area (Å²) >= 11 is 0. The number of benzene rings is 3. The Labute approximate surface area is 201 Å². The Morgan fingerprint density at radius 2 is 1.59 bits per heavy atom.